The fraction of sp³-hybridized carbons (Fsp3) is 0.969. The smallest absolute Gasteiger partial charge is 0.309 e. The van der Waals surface area contributed by atoms with E-state index >= 15 is 0 Å². The SMILES string of the molecule is C[C@@H]1[C@]23CC[C@H]4[C@@]5(C)[C@@H](CC[C@@H](C[C@]1(O)OC2)[C@H]35)C[C@@]1(C)[C@@H]2C[C@](C)(C(=O)O)CC[C@]2(C)CC[C@]41C. The lowest BCUT2D eigenvalue weighted by molar-refractivity contribution is -0.308. The normalized spacial score (nSPS) is 65.2. The highest BCUT2D eigenvalue weighted by Gasteiger charge is 2.78. The first-order chi connectivity index (χ1) is 16.7. The number of aliphatic hydroxyl groups is 1. The number of carboxylic acids is 1. The molecule has 0 unspecified atom stereocenters. The summed E-state index contributed by atoms with van der Waals surface area (Å²) in [6.07, 6.45) is 12.4. The Kier molecular flexibility index (Phi) is 4.58. The monoisotopic (exact) mass is 498 g/mol. The minimum atomic E-state index is -0.902. The molecule has 6 saturated carbocycles. The van der Waals surface area contributed by atoms with Crippen molar-refractivity contribution in [2.45, 2.75) is 118 Å². The Bertz CT molecular complexity index is 1010. The van der Waals surface area contributed by atoms with Gasteiger partial charge in [-0.25, -0.2) is 0 Å². The summed E-state index contributed by atoms with van der Waals surface area (Å²) in [4.78, 5) is 12.5. The molecule has 4 heteroatoms. The van der Waals surface area contributed by atoms with Crippen LogP contribution >= 0.6 is 0 Å². The maximum Gasteiger partial charge on any atom is 0.309 e. The second-order valence-electron chi connectivity index (χ2n) is 16.6. The summed E-state index contributed by atoms with van der Waals surface area (Å²) in [5, 5.41) is 21.7. The second-order valence-corrected chi connectivity index (χ2v) is 16.6. The molecule has 202 valence electrons. The van der Waals surface area contributed by atoms with Gasteiger partial charge in [-0.2, -0.15) is 0 Å². The van der Waals surface area contributed by atoms with Gasteiger partial charge in [0, 0.05) is 17.8 Å². The van der Waals surface area contributed by atoms with Gasteiger partial charge in [-0.1, -0.05) is 34.6 Å². The van der Waals surface area contributed by atoms with Crippen molar-refractivity contribution >= 4 is 5.97 Å². The molecule has 2 bridgehead atoms. The van der Waals surface area contributed by atoms with E-state index in [4.69, 9.17) is 4.74 Å². The summed E-state index contributed by atoms with van der Waals surface area (Å²) in [6.45, 7) is 15.6. The van der Waals surface area contributed by atoms with Crippen molar-refractivity contribution in [1.29, 1.82) is 0 Å². The minimum absolute atomic E-state index is 0.140. The van der Waals surface area contributed by atoms with E-state index in [0.29, 0.717) is 35.0 Å². The fourth-order valence-corrected chi connectivity index (χ4v) is 13.6. The fourth-order valence-electron chi connectivity index (χ4n) is 13.6. The molecule has 0 radical (unpaired) electrons. The molecular formula is C32H50O4. The van der Waals surface area contributed by atoms with Gasteiger partial charge in [0.1, 0.15) is 0 Å². The second kappa shape index (κ2) is 6.75. The Balaban J connectivity index is 1.34. The third-order valence-corrected chi connectivity index (χ3v) is 15.8. The Morgan fingerprint density at radius 1 is 0.833 bits per heavy atom. The topological polar surface area (TPSA) is 66.8 Å². The van der Waals surface area contributed by atoms with Crippen LogP contribution < -0.4 is 0 Å². The van der Waals surface area contributed by atoms with Crippen LogP contribution in [0.1, 0.15) is 112 Å². The number of carboxylic acid groups (broad SMARTS) is 1. The molecule has 1 aliphatic heterocycles. The average Bonchev–Trinajstić information content (AvgIpc) is 2.96. The van der Waals surface area contributed by atoms with E-state index < -0.39 is 17.2 Å². The van der Waals surface area contributed by atoms with Gasteiger partial charge < -0.3 is 14.9 Å². The molecule has 1 spiro atoms. The first-order valence-corrected chi connectivity index (χ1v) is 15.3. The molecular weight excluding hydrogens is 448 g/mol. The summed E-state index contributed by atoms with van der Waals surface area (Å²) < 4.78 is 6.29. The van der Waals surface area contributed by atoms with Gasteiger partial charge in [0.25, 0.3) is 0 Å². The van der Waals surface area contributed by atoms with Crippen molar-refractivity contribution in [1.82, 2.24) is 0 Å². The van der Waals surface area contributed by atoms with Crippen molar-refractivity contribution < 1.29 is 19.7 Å². The maximum absolute atomic E-state index is 12.5. The Morgan fingerprint density at radius 2 is 1.56 bits per heavy atom. The van der Waals surface area contributed by atoms with Crippen LogP contribution in [-0.2, 0) is 9.53 Å². The molecule has 7 fully saturated rings. The van der Waals surface area contributed by atoms with Crippen LogP contribution in [-0.4, -0.2) is 28.6 Å². The molecule has 0 aromatic rings. The van der Waals surface area contributed by atoms with E-state index in [-0.39, 0.29) is 27.6 Å². The van der Waals surface area contributed by atoms with Gasteiger partial charge in [0.05, 0.1) is 12.0 Å². The Labute approximate surface area is 218 Å². The van der Waals surface area contributed by atoms with Crippen molar-refractivity contribution in [3.05, 3.63) is 0 Å². The first kappa shape index (κ1) is 24.4. The van der Waals surface area contributed by atoms with E-state index in [0.717, 1.165) is 32.3 Å². The standard InChI is InChI=1S/C32H50O4/c1-19-31-10-9-22-28(4)14-13-26(2)11-12-27(3,25(33)34)17-23(26)29(28,5)16-21-8-7-20(24(31)30(21,22)6)15-32(19,35)36-18-31/h19-24,35H,7-18H2,1-6H3,(H,33,34)/t19-,20+,21+,22-,23-,24+,26-,27-,28-,29+,30-,31+,32+/m1/s1. The zero-order valence-electron chi connectivity index (χ0n) is 23.7. The summed E-state index contributed by atoms with van der Waals surface area (Å²) >= 11 is 0. The average molecular weight is 499 g/mol. The van der Waals surface area contributed by atoms with Gasteiger partial charge in [-0.15, -0.1) is 0 Å². The molecule has 6 aliphatic carbocycles. The minimum Gasteiger partial charge on any atom is -0.481 e. The predicted molar refractivity (Wildman–Crippen MR) is 139 cm³/mol. The quantitative estimate of drug-likeness (QED) is 0.413. The highest BCUT2D eigenvalue weighted by atomic mass is 16.6. The first-order valence-electron chi connectivity index (χ1n) is 15.3. The van der Waals surface area contributed by atoms with Crippen LogP contribution in [0.3, 0.4) is 0 Å². The molecule has 4 nitrogen and oxygen atoms in total. The molecule has 0 aromatic carbocycles. The third kappa shape index (κ3) is 2.46. The van der Waals surface area contributed by atoms with Gasteiger partial charge in [0.15, 0.2) is 5.79 Å². The number of ether oxygens (including phenoxy) is 1. The lowest BCUT2D eigenvalue weighted by Crippen LogP contribution is -2.73. The largest absolute Gasteiger partial charge is 0.481 e. The number of carbonyl (C=O) groups is 1. The van der Waals surface area contributed by atoms with Crippen LogP contribution in [0.5, 0.6) is 0 Å². The van der Waals surface area contributed by atoms with Gasteiger partial charge in [0.2, 0.25) is 0 Å². The van der Waals surface area contributed by atoms with Crippen molar-refractivity contribution in [2.75, 3.05) is 6.61 Å². The van der Waals surface area contributed by atoms with Crippen molar-refractivity contribution in [2.24, 2.45) is 68.0 Å². The molecule has 1 saturated heterocycles. The Morgan fingerprint density at radius 3 is 2.28 bits per heavy atom. The number of hydrogen-bond acceptors (Lipinski definition) is 3. The molecule has 7 aliphatic rings. The van der Waals surface area contributed by atoms with Crippen molar-refractivity contribution in [3.8, 4) is 0 Å². The summed E-state index contributed by atoms with van der Waals surface area (Å²) in [7, 11) is 0. The molecule has 13 atom stereocenters. The van der Waals surface area contributed by atoms with Gasteiger partial charge >= 0.3 is 5.97 Å². The zero-order valence-corrected chi connectivity index (χ0v) is 23.7. The molecule has 0 amide bonds. The molecule has 7 rings (SSSR count). The van der Waals surface area contributed by atoms with Gasteiger partial charge in [-0.3, -0.25) is 4.79 Å². The van der Waals surface area contributed by atoms with Crippen LogP contribution in [0.25, 0.3) is 0 Å². The van der Waals surface area contributed by atoms with Crippen LogP contribution in [0, 0.1) is 68.0 Å². The number of aliphatic carboxylic acids is 1. The Hall–Kier alpha value is -0.610. The van der Waals surface area contributed by atoms with Crippen molar-refractivity contribution in [3.63, 3.8) is 0 Å². The van der Waals surface area contributed by atoms with E-state index in [1.54, 1.807) is 0 Å². The maximum atomic E-state index is 12.5. The predicted octanol–water partition coefficient (Wildman–Crippen LogP) is 6.90. The van der Waals surface area contributed by atoms with E-state index in [1.165, 1.54) is 44.9 Å². The zero-order chi connectivity index (χ0) is 25.7. The number of hydrogen-bond donors (Lipinski definition) is 2. The van der Waals surface area contributed by atoms with Crippen LogP contribution in [0.15, 0.2) is 0 Å². The van der Waals surface area contributed by atoms with Crippen LogP contribution in [0.4, 0.5) is 0 Å². The molecule has 0 aromatic heterocycles. The van der Waals surface area contributed by atoms with E-state index in [9.17, 15) is 15.0 Å². The summed E-state index contributed by atoms with van der Waals surface area (Å²) in [5.74, 6) is 1.88. The van der Waals surface area contributed by atoms with E-state index in [1.807, 2.05) is 6.92 Å². The van der Waals surface area contributed by atoms with Crippen LogP contribution in [0.2, 0.25) is 0 Å². The number of fused-ring (bicyclic) bond motifs is 5. The summed E-state index contributed by atoms with van der Waals surface area (Å²) in [6, 6.07) is 0. The summed E-state index contributed by atoms with van der Waals surface area (Å²) in [5.41, 5.74) is 0.582. The molecule has 36 heavy (non-hydrogen) atoms. The highest BCUT2D eigenvalue weighted by Crippen LogP contribution is 2.82. The highest BCUT2D eigenvalue weighted by molar-refractivity contribution is 5.74. The lowest BCUT2D eigenvalue weighted by atomic mass is 9.26. The lowest BCUT2D eigenvalue weighted by Gasteiger charge is -2.78. The molecule has 2 N–H and O–H groups in total. The van der Waals surface area contributed by atoms with E-state index in [2.05, 4.69) is 34.6 Å². The molecule has 1 heterocycles. The van der Waals surface area contributed by atoms with Gasteiger partial charge in [-0.05, 0) is 122 Å². The third-order valence-electron chi connectivity index (χ3n) is 15.8. The number of rotatable bonds is 1.